The molecule has 1 saturated carbocycles. The third-order valence-corrected chi connectivity index (χ3v) is 2.68. The fraction of sp³-hybridized carbons (Fsp3) is 0.909. The van der Waals surface area contributed by atoms with Crippen LogP contribution in [0.5, 0.6) is 0 Å². The minimum Gasteiger partial charge on any atom is -0.356 e. The van der Waals surface area contributed by atoms with E-state index in [1.165, 1.54) is 19.3 Å². The van der Waals surface area contributed by atoms with E-state index >= 15 is 0 Å². The molecule has 0 aromatic carbocycles. The highest BCUT2D eigenvalue weighted by molar-refractivity contribution is 5.75. The van der Waals surface area contributed by atoms with Crippen molar-refractivity contribution >= 4 is 5.91 Å². The van der Waals surface area contributed by atoms with Gasteiger partial charge in [0.1, 0.15) is 0 Å². The molecular weight excluding hydrogens is 176 g/mol. The number of rotatable bonds is 8. The first-order valence-electron chi connectivity index (χ1n) is 5.79. The second kappa shape index (κ2) is 6.82. The van der Waals surface area contributed by atoms with Crippen LogP contribution < -0.4 is 11.1 Å². The van der Waals surface area contributed by atoms with E-state index in [0.29, 0.717) is 6.42 Å². The van der Waals surface area contributed by atoms with Crippen molar-refractivity contribution in [3.63, 3.8) is 0 Å². The van der Waals surface area contributed by atoms with Crippen LogP contribution in [-0.2, 0) is 4.79 Å². The minimum atomic E-state index is 0.211. The maximum atomic E-state index is 11.3. The maximum Gasteiger partial charge on any atom is 0.219 e. The van der Waals surface area contributed by atoms with Crippen LogP contribution in [0.15, 0.2) is 0 Å². The van der Waals surface area contributed by atoms with Crippen LogP contribution >= 0.6 is 0 Å². The Morgan fingerprint density at radius 1 is 1.29 bits per heavy atom. The van der Waals surface area contributed by atoms with Gasteiger partial charge < -0.3 is 11.1 Å². The molecule has 0 atom stereocenters. The molecule has 1 amide bonds. The van der Waals surface area contributed by atoms with Gasteiger partial charge in [0.25, 0.3) is 0 Å². The van der Waals surface area contributed by atoms with Gasteiger partial charge in [-0.25, -0.2) is 0 Å². The average molecular weight is 198 g/mol. The number of hydrogen-bond acceptors (Lipinski definition) is 2. The second-order valence-corrected chi connectivity index (χ2v) is 4.18. The molecule has 1 aliphatic carbocycles. The van der Waals surface area contributed by atoms with E-state index in [2.05, 4.69) is 5.32 Å². The third kappa shape index (κ3) is 5.97. The molecule has 1 rings (SSSR count). The summed E-state index contributed by atoms with van der Waals surface area (Å²) in [6, 6.07) is 0. The van der Waals surface area contributed by atoms with Crippen LogP contribution in [0.4, 0.5) is 0 Å². The Kier molecular flexibility index (Phi) is 5.60. The predicted molar refractivity (Wildman–Crippen MR) is 57.9 cm³/mol. The normalized spacial score (nSPS) is 15.5. The van der Waals surface area contributed by atoms with Crippen LogP contribution in [0, 0.1) is 5.92 Å². The van der Waals surface area contributed by atoms with Crippen molar-refractivity contribution in [3.8, 4) is 0 Å². The highest BCUT2D eigenvalue weighted by Gasteiger charge is 2.20. The molecule has 14 heavy (non-hydrogen) atoms. The summed E-state index contributed by atoms with van der Waals surface area (Å²) in [4.78, 5) is 11.3. The standard InChI is InChI=1S/C11H22N2O/c12-8-3-1-2-4-11(14)13-9-7-10-5-6-10/h10H,1-9,12H2,(H,13,14). The molecular formula is C11H22N2O. The SMILES string of the molecule is NCCCCCC(=O)NCCC1CC1. The summed E-state index contributed by atoms with van der Waals surface area (Å²) >= 11 is 0. The molecule has 0 unspecified atom stereocenters. The van der Waals surface area contributed by atoms with Crippen molar-refractivity contribution in [2.75, 3.05) is 13.1 Å². The zero-order chi connectivity index (χ0) is 10.2. The van der Waals surface area contributed by atoms with E-state index in [0.717, 1.165) is 38.3 Å². The Bertz CT molecular complexity index is 167. The number of carbonyl (C=O) groups excluding carboxylic acids is 1. The molecule has 0 saturated heterocycles. The van der Waals surface area contributed by atoms with E-state index < -0.39 is 0 Å². The largest absolute Gasteiger partial charge is 0.356 e. The van der Waals surface area contributed by atoms with Crippen molar-refractivity contribution in [3.05, 3.63) is 0 Å². The predicted octanol–water partition coefficient (Wildman–Crippen LogP) is 1.42. The zero-order valence-electron chi connectivity index (χ0n) is 8.93. The van der Waals surface area contributed by atoms with Gasteiger partial charge in [-0.05, 0) is 31.7 Å². The number of carbonyl (C=O) groups is 1. The lowest BCUT2D eigenvalue weighted by atomic mass is 10.2. The molecule has 1 aliphatic rings. The van der Waals surface area contributed by atoms with Gasteiger partial charge in [0.05, 0.1) is 0 Å². The van der Waals surface area contributed by atoms with Gasteiger partial charge in [0.2, 0.25) is 5.91 Å². The third-order valence-electron chi connectivity index (χ3n) is 2.68. The topological polar surface area (TPSA) is 55.1 Å². The van der Waals surface area contributed by atoms with Crippen molar-refractivity contribution in [2.24, 2.45) is 11.7 Å². The number of unbranched alkanes of at least 4 members (excludes halogenated alkanes) is 2. The number of nitrogens with one attached hydrogen (secondary N) is 1. The summed E-state index contributed by atoms with van der Waals surface area (Å²) in [6.45, 7) is 1.61. The Morgan fingerprint density at radius 3 is 2.71 bits per heavy atom. The monoisotopic (exact) mass is 198 g/mol. The van der Waals surface area contributed by atoms with Gasteiger partial charge in [-0.3, -0.25) is 4.79 Å². The second-order valence-electron chi connectivity index (χ2n) is 4.18. The van der Waals surface area contributed by atoms with Gasteiger partial charge in [0, 0.05) is 13.0 Å². The van der Waals surface area contributed by atoms with E-state index in [1.807, 2.05) is 0 Å². The fourth-order valence-corrected chi connectivity index (χ4v) is 1.52. The molecule has 0 radical (unpaired) electrons. The maximum absolute atomic E-state index is 11.3. The molecule has 0 heterocycles. The molecule has 82 valence electrons. The van der Waals surface area contributed by atoms with Crippen LogP contribution in [0.3, 0.4) is 0 Å². The van der Waals surface area contributed by atoms with Crippen molar-refractivity contribution in [1.82, 2.24) is 5.32 Å². The van der Waals surface area contributed by atoms with Crippen molar-refractivity contribution in [1.29, 1.82) is 0 Å². The molecule has 3 N–H and O–H groups in total. The smallest absolute Gasteiger partial charge is 0.219 e. The zero-order valence-corrected chi connectivity index (χ0v) is 8.93. The number of amides is 1. The summed E-state index contributed by atoms with van der Waals surface area (Å²) in [5, 5.41) is 2.96. The van der Waals surface area contributed by atoms with Crippen LogP contribution in [0.2, 0.25) is 0 Å². The van der Waals surface area contributed by atoms with Crippen LogP contribution in [-0.4, -0.2) is 19.0 Å². The molecule has 0 aromatic rings. The van der Waals surface area contributed by atoms with Gasteiger partial charge in [0.15, 0.2) is 0 Å². The van der Waals surface area contributed by atoms with E-state index in [9.17, 15) is 4.79 Å². The summed E-state index contributed by atoms with van der Waals surface area (Å²) in [5.74, 6) is 1.12. The Hall–Kier alpha value is -0.570. The molecule has 3 nitrogen and oxygen atoms in total. The van der Waals surface area contributed by atoms with Crippen LogP contribution in [0.1, 0.15) is 44.9 Å². The first-order chi connectivity index (χ1) is 6.83. The molecule has 3 heteroatoms. The average Bonchev–Trinajstić information content (AvgIpc) is 2.96. The lowest BCUT2D eigenvalue weighted by Gasteiger charge is -2.03. The fourth-order valence-electron chi connectivity index (χ4n) is 1.52. The Balaban J connectivity index is 1.82. The molecule has 1 fully saturated rings. The summed E-state index contributed by atoms with van der Waals surface area (Å²) < 4.78 is 0. The van der Waals surface area contributed by atoms with Gasteiger partial charge in [-0.1, -0.05) is 19.3 Å². The number of nitrogens with two attached hydrogens (primary N) is 1. The van der Waals surface area contributed by atoms with Crippen molar-refractivity contribution in [2.45, 2.75) is 44.9 Å². The molecule has 0 aliphatic heterocycles. The summed E-state index contributed by atoms with van der Waals surface area (Å²) in [5.41, 5.74) is 5.37. The minimum absolute atomic E-state index is 0.211. The quantitative estimate of drug-likeness (QED) is 0.580. The van der Waals surface area contributed by atoms with Gasteiger partial charge in [-0.2, -0.15) is 0 Å². The Labute approximate surface area is 86.4 Å². The highest BCUT2D eigenvalue weighted by Crippen LogP contribution is 2.31. The van der Waals surface area contributed by atoms with E-state index in [4.69, 9.17) is 5.73 Å². The molecule has 0 aromatic heterocycles. The first kappa shape index (κ1) is 11.5. The molecule has 0 bridgehead atoms. The van der Waals surface area contributed by atoms with Crippen LogP contribution in [0.25, 0.3) is 0 Å². The lowest BCUT2D eigenvalue weighted by molar-refractivity contribution is -0.121. The lowest BCUT2D eigenvalue weighted by Crippen LogP contribution is -2.24. The summed E-state index contributed by atoms with van der Waals surface area (Å²) in [6.07, 6.45) is 7.67. The number of hydrogen-bond donors (Lipinski definition) is 2. The first-order valence-corrected chi connectivity index (χ1v) is 5.79. The van der Waals surface area contributed by atoms with E-state index in [1.54, 1.807) is 0 Å². The molecule has 0 spiro atoms. The highest BCUT2D eigenvalue weighted by atomic mass is 16.1. The Morgan fingerprint density at radius 2 is 2.07 bits per heavy atom. The van der Waals surface area contributed by atoms with Gasteiger partial charge >= 0.3 is 0 Å². The van der Waals surface area contributed by atoms with E-state index in [-0.39, 0.29) is 5.91 Å². The summed E-state index contributed by atoms with van der Waals surface area (Å²) in [7, 11) is 0. The van der Waals surface area contributed by atoms with Crippen molar-refractivity contribution < 1.29 is 4.79 Å². The van der Waals surface area contributed by atoms with Gasteiger partial charge in [-0.15, -0.1) is 0 Å².